The van der Waals surface area contributed by atoms with Gasteiger partial charge in [0.25, 0.3) is 17.7 Å². The number of amides is 5. The molecule has 9 rings (SSSR count). The number of nitrogens with one attached hydrogen (secondary N) is 1. The molecule has 0 spiro atoms. The number of nitrogens with zero attached hydrogens (tertiary/aromatic N) is 7. The highest BCUT2D eigenvalue weighted by Crippen LogP contribution is 2.45. The number of carbonyl (C=O) groups is 5. The van der Waals surface area contributed by atoms with Crippen molar-refractivity contribution in [2.75, 3.05) is 73.6 Å². The Morgan fingerprint density at radius 3 is 2.23 bits per heavy atom. The summed E-state index contributed by atoms with van der Waals surface area (Å²) in [5.74, 6) is -1.50. The number of hydrogen-bond donors (Lipinski definition) is 1. The molecule has 1 N–H and O–H groups in total. The fourth-order valence-electron chi connectivity index (χ4n) is 9.68. The summed E-state index contributed by atoms with van der Waals surface area (Å²) in [6.45, 7) is 9.54. The van der Waals surface area contributed by atoms with Gasteiger partial charge in [-0.3, -0.25) is 39.1 Å². The van der Waals surface area contributed by atoms with Crippen LogP contribution in [0.25, 0.3) is 0 Å². The van der Waals surface area contributed by atoms with Crippen molar-refractivity contribution in [3.8, 4) is 6.07 Å². The molecule has 6 heterocycles. The van der Waals surface area contributed by atoms with Crippen LogP contribution in [0.4, 0.5) is 17.1 Å². The summed E-state index contributed by atoms with van der Waals surface area (Å²) in [5.41, 5.74) is 4.82. The second kappa shape index (κ2) is 13.9. The van der Waals surface area contributed by atoms with Crippen LogP contribution in [0.1, 0.15) is 69.2 Å². The smallest absolute Gasteiger partial charge is 0.262 e. The Morgan fingerprint density at radius 1 is 0.804 bits per heavy atom. The lowest BCUT2D eigenvalue weighted by Gasteiger charge is -2.49. The van der Waals surface area contributed by atoms with Gasteiger partial charge in [-0.05, 0) is 86.8 Å². The summed E-state index contributed by atoms with van der Waals surface area (Å²) < 4.78 is 0. The molecule has 3 aromatic carbocycles. The van der Waals surface area contributed by atoms with E-state index in [1.807, 2.05) is 41.3 Å². The van der Waals surface area contributed by atoms with Gasteiger partial charge in [0.15, 0.2) is 0 Å². The highest BCUT2D eigenvalue weighted by Gasteiger charge is 2.49. The maximum absolute atomic E-state index is 13.6. The average molecular weight is 775 g/mol. The third-order valence-corrected chi connectivity index (χ3v) is 13.5. The molecule has 6 aliphatic rings. The topological polar surface area (TPSA) is 141 Å². The molecular formula is C42H43ClN8O5. The quantitative estimate of drug-likeness (QED) is 0.369. The Morgan fingerprint density at radius 2 is 1.52 bits per heavy atom. The van der Waals surface area contributed by atoms with E-state index < -0.39 is 29.7 Å². The zero-order valence-electron chi connectivity index (χ0n) is 31.2. The molecule has 0 radical (unpaired) electrons. The molecular weight excluding hydrogens is 732 g/mol. The van der Waals surface area contributed by atoms with Crippen molar-refractivity contribution < 1.29 is 24.0 Å². The van der Waals surface area contributed by atoms with Crippen LogP contribution in [-0.2, 0) is 9.59 Å². The summed E-state index contributed by atoms with van der Waals surface area (Å²) in [4.78, 5) is 76.4. The van der Waals surface area contributed by atoms with E-state index in [1.54, 1.807) is 12.1 Å². The molecule has 3 atom stereocenters. The standard InChI is InChI=1S/C42H43ClN8O5/c1-42-13-15-48(23-28(42)12-14-50(42)31-7-4-27(22-44)35(43)21-31)29-5-2-26(3-6-29)39(54)47-18-16-46(17-19-47)32-24-49(25-32)30-8-9-33-34(20-30)41(56)51(40(33)55)36-10-11-37(52)45-38(36)53/h2-9,20-21,28,32,36H,10-19,23-25H2,1H3,(H,45,52,53). The van der Waals surface area contributed by atoms with E-state index in [4.69, 9.17) is 11.6 Å². The predicted octanol–water partition coefficient (Wildman–Crippen LogP) is 3.75. The van der Waals surface area contributed by atoms with Crippen molar-refractivity contribution in [2.24, 2.45) is 5.92 Å². The Kier molecular flexibility index (Phi) is 9.01. The molecule has 56 heavy (non-hydrogen) atoms. The first-order valence-electron chi connectivity index (χ1n) is 19.5. The van der Waals surface area contributed by atoms with Gasteiger partial charge in [0.05, 0.1) is 21.7 Å². The van der Waals surface area contributed by atoms with Gasteiger partial charge in [0.2, 0.25) is 11.8 Å². The minimum Gasteiger partial charge on any atom is -0.371 e. The molecule has 5 amide bonds. The van der Waals surface area contributed by atoms with E-state index in [9.17, 15) is 29.2 Å². The third kappa shape index (κ3) is 6.06. The van der Waals surface area contributed by atoms with Gasteiger partial charge in [-0.25, -0.2) is 0 Å². The lowest BCUT2D eigenvalue weighted by molar-refractivity contribution is -0.136. The van der Waals surface area contributed by atoms with Gasteiger partial charge >= 0.3 is 0 Å². The van der Waals surface area contributed by atoms with Crippen LogP contribution in [0.2, 0.25) is 5.02 Å². The number of benzene rings is 3. The van der Waals surface area contributed by atoms with Crippen molar-refractivity contribution in [2.45, 2.75) is 50.2 Å². The van der Waals surface area contributed by atoms with Crippen LogP contribution in [0.3, 0.4) is 0 Å². The molecule has 13 nitrogen and oxygen atoms in total. The molecule has 5 saturated heterocycles. The molecule has 0 bridgehead atoms. The van der Waals surface area contributed by atoms with E-state index in [0.717, 1.165) is 80.6 Å². The zero-order chi connectivity index (χ0) is 38.9. The molecule has 3 unspecified atom stereocenters. The Labute approximate surface area is 330 Å². The Balaban J connectivity index is 0.758. The third-order valence-electron chi connectivity index (χ3n) is 13.2. The fraction of sp³-hybridized carbons (Fsp3) is 0.429. The Bertz CT molecular complexity index is 2190. The summed E-state index contributed by atoms with van der Waals surface area (Å²) in [6.07, 6.45) is 2.29. The number of nitriles is 1. The number of piperidine rings is 2. The van der Waals surface area contributed by atoms with Gasteiger partial charge < -0.3 is 19.6 Å². The van der Waals surface area contributed by atoms with Gasteiger partial charge in [-0.15, -0.1) is 0 Å². The lowest BCUT2D eigenvalue weighted by Crippen LogP contribution is -2.63. The number of anilines is 3. The fourth-order valence-corrected chi connectivity index (χ4v) is 9.90. The minimum absolute atomic E-state index is 0.0108. The minimum atomic E-state index is -0.984. The first-order valence-corrected chi connectivity index (χ1v) is 19.9. The van der Waals surface area contributed by atoms with Crippen molar-refractivity contribution >= 4 is 58.2 Å². The van der Waals surface area contributed by atoms with Gasteiger partial charge in [-0.1, -0.05) is 11.6 Å². The highest BCUT2D eigenvalue weighted by atomic mass is 35.5. The largest absolute Gasteiger partial charge is 0.371 e. The molecule has 3 aromatic rings. The zero-order valence-corrected chi connectivity index (χ0v) is 32.0. The molecule has 5 fully saturated rings. The van der Waals surface area contributed by atoms with Crippen LogP contribution in [-0.4, -0.2) is 121 Å². The number of rotatable bonds is 6. The summed E-state index contributed by atoms with van der Waals surface area (Å²) in [6, 6.07) is 20.5. The van der Waals surface area contributed by atoms with E-state index >= 15 is 0 Å². The maximum Gasteiger partial charge on any atom is 0.262 e. The average Bonchev–Trinajstić information content (AvgIpc) is 3.66. The molecule has 0 aromatic heterocycles. The summed E-state index contributed by atoms with van der Waals surface area (Å²) in [5, 5.41) is 12.0. The van der Waals surface area contributed by atoms with Crippen molar-refractivity contribution in [1.29, 1.82) is 5.26 Å². The summed E-state index contributed by atoms with van der Waals surface area (Å²) >= 11 is 6.39. The monoisotopic (exact) mass is 774 g/mol. The number of carbonyl (C=O) groups excluding carboxylic acids is 5. The predicted molar refractivity (Wildman–Crippen MR) is 210 cm³/mol. The van der Waals surface area contributed by atoms with Crippen LogP contribution < -0.4 is 20.0 Å². The molecule has 0 saturated carbocycles. The van der Waals surface area contributed by atoms with E-state index in [-0.39, 0.29) is 35.4 Å². The molecule has 0 aliphatic carbocycles. The van der Waals surface area contributed by atoms with Crippen LogP contribution >= 0.6 is 11.6 Å². The van der Waals surface area contributed by atoms with Crippen LogP contribution in [0.5, 0.6) is 0 Å². The molecule has 288 valence electrons. The van der Waals surface area contributed by atoms with E-state index in [2.05, 4.69) is 50.0 Å². The maximum atomic E-state index is 13.6. The van der Waals surface area contributed by atoms with E-state index in [1.165, 1.54) is 0 Å². The number of fused-ring (bicyclic) bond motifs is 2. The number of hydrogen-bond acceptors (Lipinski definition) is 10. The van der Waals surface area contributed by atoms with Gasteiger partial charge in [0.1, 0.15) is 12.1 Å². The lowest BCUT2D eigenvalue weighted by atomic mass is 9.79. The first-order chi connectivity index (χ1) is 27.0. The first kappa shape index (κ1) is 36.2. The summed E-state index contributed by atoms with van der Waals surface area (Å²) in [7, 11) is 0. The second-order valence-corrected chi connectivity index (χ2v) is 16.5. The van der Waals surface area contributed by atoms with Crippen LogP contribution in [0, 0.1) is 17.2 Å². The van der Waals surface area contributed by atoms with Crippen molar-refractivity contribution in [3.63, 3.8) is 0 Å². The van der Waals surface area contributed by atoms with Crippen molar-refractivity contribution in [1.82, 2.24) is 20.0 Å². The Hall–Kier alpha value is -5.45. The normalized spacial score (nSPS) is 25.6. The van der Waals surface area contributed by atoms with Crippen LogP contribution in [0.15, 0.2) is 60.7 Å². The SMILES string of the molecule is CC12CCN(c3ccc(C(=O)N4CCN(C5CN(c6ccc7c(c6)C(=O)N(C6CCC(=O)NC6=O)C7=O)C5)CC4)cc3)CC1CCN2c1ccc(C#N)c(Cl)c1. The van der Waals surface area contributed by atoms with E-state index in [0.29, 0.717) is 41.2 Å². The molecule has 6 aliphatic heterocycles. The van der Waals surface area contributed by atoms with Crippen molar-refractivity contribution in [3.05, 3.63) is 87.9 Å². The number of imide groups is 2. The van der Waals surface area contributed by atoms with Gasteiger partial charge in [-0.2, -0.15) is 5.26 Å². The second-order valence-electron chi connectivity index (χ2n) is 16.1. The number of halogens is 1. The highest BCUT2D eigenvalue weighted by molar-refractivity contribution is 6.32. The molecule has 14 heteroatoms. The van der Waals surface area contributed by atoms with Gasteiger partial charge in [0, 0.05) is 105 Å². The number of piperazine rings is 1.